The number of nitrogens with one attached hydrogen (secondary N) is 1. The summed E-state index contributed by atoms with van der Waals surface area (Å²) in [6, 6.07) is 7.67. The van der Waals surface area contributed by atoms with Gasteiger partial charge in [0.25, 0.3) is 5.91 Å². The van der Waals surface area contributed by atoms with E-state index in [-0.39, 0.29) is 18.5 Å². The molecule has 1 atom stereocenters. The Morgan fingerprint density at radius 3 is 2.72 bits per heavy atom. The quantitative estimate of drug-likeness (QED) is 0.755. The van der Waals surface area contributed by atoms with Crippen LogP contribution in [0.15, 0.2) is 24.3 Å². The van der Waals surface area contributed by atoms with E-state index in [1.165, 1.54) is 18.4 Å². The van der Waals surface area contributed by atoms with Crippen LogP contribution in [-0.4, -0.2) is 25.5 Å². The van der Waals surface area contributed by atoms with E-state index in [2.05, 4.69) is 5.32 Å². The number of quaternary nitrogens is 1. The van der Waals surface area contributed by atoms with Crippen molar-refractivity contribution in [3.8, 4) is 0 Å². The minimum atomic E-state index is -0.437. The number of carbonyl (C=O) groups is 2. The van der Waals surface area contributed by atoms with Crippen molar-refractivity contribution in [3.63, 3.8) is 0 Å². The van der Waals surface area contributed by atoms with Crippen LogP contribution in [0.4, 0.5) is 5.00 Å². The highest BCUT2D eigenvalue weighted by molar-refractivity contribution is 7.16. The van der Waals surface area contributed by atoms with Crippen molar-refractivity contribution in [2.45, 2.75) is 26.8 Å². The summed E-state index contributed by atoms with van der Waals surface area (Å²) in [5.41, 5.74) is 2.32. The zero-order chi connectivity index (χ0) is 18.6. The molecule has 1 heterocycles. The SMILES string of the molecule is COC(=O)c1c(NC(=O)C[NH2+][C@@H](C)c2cccc(Cl)c2)sc(C)c1C. The topological polar surface area (TPSA) is 72.0 Å². The second-order valence-electron chi connectivity index (χ2n) is 5.81. The van der Waals surface area contributed by atoms with E-state index in [1.54, 1.807) is 0 Å². The number of amides is 1. The molecule has 0 aliphatic heterocycles. The van der Waals surface area contributed by atoms with Crippen LogP contribution in [0, 0.1) is 13.8 Å². The first-order chi connectivity index (χ1) is 11.8. The number of halogens is 1. The Morgan fingerprint density at radius 2 is 2.08 bits per heavy atom. The smallest absolute Gasteiger partial charge is 0.341 e. The van der Waals surface area contributed by atoms with Crippen molar-refractivity contribution >= 4 is 39.8 Å². The van der Waals surface area contributed by atoms with Gasteiger partial charge in [0.15, 0.2) is 6.54 Å². The summed E-state index contributed by atoms with van der Waals surface area (Å²) in [4.78, 5) is 25.2. The summed E-state index contributed by atoms with van der Waals surface area (Å²) < 4.78 is 4.82. The van der Waals surface area contributed by atoms with E-state index >= 15 is 0 Å². The average molecular weight is 382 g/mol. The molecule has 1 aromatic carbocycles. The lowest BCUT2D eigenvalue weighted by Crippen LogP contribution is -2.86. The summed E-state index contributed by atoms with van der Waals surface area (Å²) in [5, 5.41) is 5.96. The molecule has 5 nitrogen and oxygen atoms in total. The molecule has 134 valence electrons. The number of nitrogens with two attached hydrogens (primary N) is 1. The van der Waals surface area contributed by atoms with Gasteiger partial charge in [-0.25, -0.2) is 4.79 Å². The van der Waals surface area contributed by atoms with Gasteiger partial charge in [0.2, 0.25) is 0 Å². The number of ether oxygens (including phenoxy) is 1. The van der Waals surface area contributed by atoms with Crippen molar-refractivity contribution in [2.24, 2.45) is 0 Å². The largest absolute Gasteiger partial charge is 0.465 e. The summed E-state index contributed by atoms with van der Waals surface area (Å²) in [6.45, 7) is 6.01. The van der Waals surface area contributed by atoms with Gasteiger partial charge < -0.3 is 15.4 Å². The molecule has 1 amide bonds. The standard InChI is InChI=1S/C18H21ClN2O3S/c1-10-12(3)25-17(16(10)18(23)24-4)21-15(22)9-20-11(2)13-6-5-7-14(19)8-13/h5-8,11,20H,9H2,1-4H3,(H,21,22)/p+1/t11-/m0/s1. The first kappa shape index (κ1) is 19.4. The van der Waals surface area contributed by atoms with Crippen LogP contribution in [-0.2, 0) is 9.53 Å². The van der Waals surface area contributed by atoms with Crippen LogP contribution in [0.1, 0.15) is 39.3 Å². The number of carbonyl (C=O) groups excluding carboxylic acids is 2. The van der Waals surface area contributed by atoms with Crippen LogP contribution >= 0.6 is 22.9 Å². The first-order valence-electron chi connectivity index (χ1n) is 7.90. The predicted octanol–water partition coefficient (Wildman–Crippen LogP) is 3.07. The normalized spacial score (nSPS) is 11.9. The van der Waals surface area contributed by atoms with Gasteiger partial charge >= 0.3 is 5.97 Å². The van der Waals surface area contributed by atoms with Crippen LogP contribution < -0.4 is 10.6 Å². The molecule has 0 saturated carbocycles. The number of anilines is 1. The maximum absolute atomic E-state index is 12.3. The van der Waals surface area contributed by atoms with Gasteiger partial charge in [-0.15, -0.1) is 11.3 Å². The lowest BCUT2D eigenvalue weighted by Gasteiger charge is -2.11. The first-order valence-corrected chi connectivity index (χ1v) is 9.09. The summed E-state index contributed by atoms with van der Waals surface area (Å²) in [7, 11) is 1.33. The molecule has 0 unspecified atom stereocenters. The molecule has 0 bridgehead atoms. The Balaban J connectivity index is 2.01. The third-order valence-corrected chi connectivity index (χ3v) is 5.42. The molecule has 7 heteroatoms. The zero-order valence-corrected chi connectivity index (χ0v) is 16.3. The van der Waals surface area contributed by atoms with Crippen molar-refractivity contribution < 1.29 is 19.6 Å². The third kappa shape index (κ3) is 4.81. The number of aryl methyl sites for hydroxylation is 1. The Bertz CT molecular complexity index is 789. The summed E-state index contributed by atoms with van der Waals surface area (Å²) in [6.07, 6.45) is 0. The van der Waals surface area contributed by atoms with Gasteiger partial charge in [0, 0.05) is 15.5 Å². The molecule has 2 rings (SSSR count). The number of rotatable bonds is 6. The van der Waals surface area contributed by atoms with Gasteiger partial charge in [-0.05, 0) is 38.5 Å². The molecule has 0 fully saturated rings. The highest BCUT2D eigenvalue weighted by Crippen LogP contribution is 2.32. The molecule has 0 radical (unpaired) electrons. The lowest BCUT2D eigenvalue weighted by atomic mass is 10.1. The molecule has 3 N–H and O–H groups in total. The van der Waals surface area contributed by atoms with Crippen LogP contribution in [0.25, 0.3) is 0 Å². The van der Waals surface area contributed by atoms with Crippen molar-refractivity contribution in [3.05, 3.63) is 50.9 Å². The fourth-order valence-corrected chi connectivity index (χ4v) is 3.71. The highest BCUT2D eigenvalue weighted by Gasteiger charge is 2.22. The molecule has 0 aliphatic carbocycles. The van der Waals surface area contributed by atoms with Gasteiger partial charge in [-0.2, -0.15) is 0 Å². The van der Waals surface area contributed by atoms with Gasteiger partial charge in [-0.3, -0.25) is 4.79 Å². The van der Waals surface area contributed by atoms with Crippen molar-refractivity contribution in [2.75, 3.05) is 19.0 Å². The molecule has 25 heavy (non-hydrogen) atoms. The molecule has 1 aromatic heterocycles. The maximum atomic E-state index is 12.3. The zero-order valence-electron chi connectivity index (χ0n) is 14.7. The number of thiophene rings is 1. The van der Waals surface area contributed by atoms with Crippen LogP contribution in [0.2, 0.25) is 5.02 Å². The Kier molecular flexibility index (Phi) is 6.58. The highest BCUT2D eigenvalue weighted by atomic mass is 35.5. The maximum Gasteiger partial charge on any atom is 0.341 e. The van der Waals surface area contributed by atoms with Gasteiger partial charge in [-0.1, -0.05) is 23.7 Å². The Morgan fingerprint density at radius 1 is 1.36 bits per heavy atom. The number of hydrogen-bond donors (Lipinski definition) is 2. The van der Waals surface area contributed by atoms with Crippen LogP contribution in [0.5, 0.6) is 0 Å². The fourth-order valence-electron chi connectivity index (χ4n) is 2.45. The minimum absolute atomic E-state index is 0.0938. The second kappa shape index (κ2) is 8.47. The van der Waals surface area contributed by atoms with E-state index in [0.717, 1.165) is 16.0 Å². The third-order valence-electron chi connectivity index (χ3n) is 4.06. The summed E-state index contributed by atoms with van der Waals surface area (Å²) >= 11 is 7.38. The second-order valence-corrected chi connectivity index (χ2v) is 7.47. The minimum Gasteiger partial charge on any atom is -0.465 e. The fraction of sp³-hybridized carbons (Fsp3) is 0.333. The van der Waals surface area contributed by atoms with E-state index in [1.807, 2.05) is 50.4 Å². The number of benzene rings is 1. The molecule has 0 saturated heterocycles. The van der Waals surface area contributed by atoms with Crippen LogP contribution in [0.3, 0.4) is 0 Å². The predicted molar refractivity (Wildman–Crippen MR) is 100 cm³/mol. The van der Waals surface area contributed by atoms with E-state index in [9.17, 15) is 9.59 Å². The van der Waals surface area contributed by atoms with E-state index < -0.39 is 5.97 Å². The molecule has 0 spiro atoms. The Labute approximate surface area is 156 Å². The van der Waals surface area contributed by atoms with Crippen molar-refractivity contribution in [1.29, 1.82) is 0 Å². The van der Waals surface area contributed by atoms with E-state index in [0.29, 0.717) is 15.6 Å². The summed E-state index contributed by atoms with van der Waals surface area (Å²) in [5.74, 6) is -0.603. The van der Waals surface area contributed by atoms with Gasteiger partial charge in [0.05, 0.1) is 12.7 Å². The van der Waals surface area contributed by atoms with E-state index in [4.69, 9.17) is 16.3 Å². The number of esters is 1. The Hall–Kier alpha value is -1.89. The van der Waals surface area contributed by atoms with Gasteiger partial charge in [0.1, 0.15) is 11.0 Å². The monoisotopic (exact) mass is 381 g/mol. The molecular weight excluding hydrogens is 360 g/mol. The van der Waals surface area contributed by atoms with Crippen molar-refractivity contribution in [1.82, 2.24) is 0 Å². The molecular formula is C18H22ClN2O3S+. The molecule has 2 aromatic rings. The number of hydrogen-bond acceptors (Lipinski definition) is 4. The average Bonchev–Trinajstić information content (AvgIpc) is 2.86. The molecule has 0 aliphatic rings. The lowest BCUT2D eigenvalue weighted by molar-refractivity contribution is -0.682. The number of methoxy groups -OCH3 is 1.